The molecule has 0 saturated carbocycles. The van der Waals surface area contributed by atoms with Crippen LogP contribution in [0.5, 0.6) is 0 Å². The van der Waals surface area contributed by atoms with Gasteiger partial charge in [0.2, 0.25) is 0 Å². The van der Waals surface area contributed by atoms with Gasteiger partial charge in [-0.2, -0.15) is 0 Å². The number of rotatable bonds is 2. The minimum atomic E-state index is 0.146. The molecule has 0 bridgehead atoms. The molecule has 0 aromatic heterocycles. The fraction of sp³-hybridized carbons (Fsp3) is 0.727. The number of carbonyl (C=O) groups is 1. The molecule has 0 aromatic carbocycles. The van der Waals surface area contributed by atoms with E-state index in [2.05, 4.69) is 6.58 Å². The van der Waals surface area contributed by atoms with Crippen molar-refractivity contribution in [2.24, 2.45) is 0 Å². The first kappa shape index (κ1) is 11.1. The summed E-state index contributed by atoms with van der Waals surface area (Å²) in [5, 5.41) is 0. The van der Waals surface area contributed by atoms with Crippen LogP contribution in [0, 0.1) is 0 Å². The molecule has 1 rings (SSSR count). The number of amides is 2. The topological polar surface area (TPSA) is 23.6 Å². The summed E-state index contributed by atoms with van der Waals surface area (Å²) in [5.41, 5.74) is 1.03. The van der Waals surface area contributed by atoms with Crippen molar-refractivity contribution in [3.05, 3.63) is 12.2 Å². The van der Waals surface area contributed by atoms with Gasteiger partial charge in [-0.05, 0) is 26.2 Å². The van der Waals surface area contributed by atoms with Gasteiger partial charge in [-0.3, -0.25) is 0 Å². The number of piperidine rings is 1. The van der Waals surface area contributed by atoms with Crippen LogP contribution in [0.3, 0.4) is 0 Å². The minimum Gasteiger partial charge on any atom is -0.325 e. The van der Waals surface area contributed by atoms with Crippen LogP contribution in [0.25, 0.3) is 0 Å². The van der Waals surface area contributed by atoms with Crippen LogP contribution in [0.1, 0.15) is 26.2 Å². The molecule has 0 atom stereocenters. The summed E-state index contributed by atoms with van der Waals surface area (Å²) in [6.45, 7) is 8.25. The zero-order valence-corrected chi connectivity index (χ0v) is 9.25. The average molecular weight is 196 g/mol. The minimum absolute atomic E-state index is 0.146. The second-order valence-electron chi connectivity index (χ2n) is 4.14. The zero-order valence-electron chi connectivity index (χ0n) is 9.25. The summed E-state index contributed by atoms with van der Waals surface area (Å²) in [5.74, 6) is 0. The third-order valence-corrected chi connectivity index (χ3v) is 2.46. The Labute approximate surface area is 86.4 Å². The van der Waals surface area contributed by atoms with Crippen molar-refractivity contribution in [3.8, 4) is 0 Å². The van der Waals surface area contributed by atoms with Crippen LogP contribution in [-0.4, -0.2) is 42.5 Å². The first-order valence-corrected chi connectivity index (χ1v) is 5.25. The van der Waals surface area contributed by atoms with Gasteiger partial charge in [0, 0.05) is 26.7 Å². The lowest BCUT2D eigenvalue weighted by Crippen LogP contribution is -2.44. The fourth-order valence-electron chi connectivity index (χ4n) is 1.80. The van der Waals surface area contributed by atoms with Gasteiger partial charge in [0.1, 0.15) is 0 Å². The molecular formula is C11H20N2O. The number of nitrogens with zero attached hydrogens (tertiary/aromatic N) is 2. The lowest BCUT2D eigenvalue weighted by Gasteiger charge is -2.31. The molecule has 1 aliphatic heterocycles. The quantitative estimate of drug-likeness (QED) is 0.620. The summed E-state index contributed by atoms with van der Waals surface area (Å²) in [6.07, 6.45) is 3.55. The van der Waals surface area contributed by atoms with Crippen molar-refractivity contribution >= 4 is 6.03 Å². The number of urea groups is 1. The molecule has 80 valence electrons. The predicted octanol–water partition coefficient (Wildman–Crippen LogP) is 2.10. The Bertz CT molecular complexity index is 219. The third kappa shape index (κ3) is 3.05. The van der Waals surface area contributed by atoms with Gasteiger partial charge in [-0.1, -0.05) is 12.2 Å². The zero-order chi connectivity index (χ0) is 10.6. The van der Waals surface area contributed by atoms with Gasteiger partial charge in [-0.25, -0.2) is 4.79 Å². The molecule has 2 amide bonds. The van der Waals surface area contributed by atoms with Gasteiger partial charge in [0.25, 0.3) is 0 Å². The second-order valence-corrected chi connectivity index (χ2v) is 4.14. The van der Waals surface area contributed by atoms with E-state index < -0.39 is 0 Å². The Morgan fingerprint density at radius 2 is 1.93 bits per heavy atom. The maximum absolute atomic E-state index is 11.8. The predicted molar refractivity (Wildman–Crippen MR) is 58.3 cm³/mol. The first-order chi connectivity index (χ1) is 6.61. The molecule has 0 spiro atoms. The lowest BCUT2D eigenvalue weighted by atomic mass is 10.1. The Hall–Kier alpha value is -0.990. The van der Waals surface area contributed by atoms with E-state index in [0.29, 0.717) is 6.54 Å². The van der Waals surface area contributed by atoms with Gasteiger partial charge in [-0.15, -0.1) is 0 Å². The molecule has 14 heavy (non-hydrogen) atoms. The van der Waals surface area contributed by atoms with Crippen molar-refractivity contribution < 1.29 is 4.79 Å². The van der Waals surface area contributed by atoms with Crippen LogP contribution in [-0.2, 0) is 0 Å². The normalized spacial score (nSPS) is 16.6. The van der Waals surface area contributed by atoms with Crippen molar-refractivity contribution in [2.45, 2.75) is 26.2 Å². The van der Waals surface area contributed by atoms with E-state index in [1.807, 2.05) is 18.9 Å². The smallest absolute Gasteiger partial charge is 0.320 e. The SMILES string of the molecule is C=C(C)CN(C)C(=O)N1CCCCC1. The maximum atomic E-state index is 11.8. The fourth-order valence-corrected chi connectivity index (χ4v) is 1.80. The summed E-state index contributed by atoms with van der Waals surface area (Å²) in [6, 6.07) is 0.146. The van der Waals surface area contributed by atoms with E-state index >= 15 is 0 Å². The lowest BCUT2D eigenvalue weighted by molar-refractivity contribution is 0.156. The van der Waals surface area contributed by atoms with E-state index in [1.165, 1.54) is 6.42 Å². The number of carbonyl (C=O) groups excluding carboxylic acids is 1. The highest BCUT2D eigenvalue weighted by molar-refractivity contribution is 5.74. The first-order valence-electron chi connectivity index (χ1n) is 5.25. The largest absolute Gasteiger partial charge is 0.325 e. The average Bonchev–Trinajstić information content (AvgIpc) is 2.17. The van der Waals surface area contributed by atoms with E-state index in [0.717, 1.165) is 31.5 Å². The number of hydrogen-bond acceptors (Lipinski definition) is 1. The van der Waals surface area contributed by atoms with Crippen molar-refractivity contribution in [1.82, 2.24) is 9.80 Å². The Morgan fingerprint density at radius 1 is 1.36 bits per heavy atom. The molecule has 0 unspecified atom stereocenters. The van der Waals surface area contributed by atoms with Gasteiger partial charge >= 0.3 is 6.03 Å². The van der Waals surface area contributed by atoms with Crippen molar-refractivity contribution in [1.29, 1.82) is 0 Å². The summed E-state index contributed by atoms with van der Waals surface area (Å²) in [7, 11) is 1.84. The summed E-state index contributed by atoms with van der Waals surface area (Å²) < 4.78 is 0. The molecular weight excluding hydrogens is 176 g/mol. The van der Waals surface area contributed by atoms with Crippen LogP contribution in [0.2, 0.25) is 0 Å². The summed E-state index contributed by atoms with van der Waals surface area (Å²) in [4.78, 5) is 15.5. The molecule has 1 aliphatic rings. The monoisotopic (exact) mass is 196 g/mol. The molecule has 0 aliphatic carbocycles. The van der Waals surface area contributed by atoms with Gasteiger partial charge < -0.3 is 9.80 Å². The Kier molecular flexibility index (Phi) is 3.98. The number of likely N-dealkylation sites (tertiary alicyclic amines) is 1. The molecule has 1 heterocycles. The van der Waals surface area contributed by atoms with Crippen LogP contribution >= 0.6 is 0 Å². The van der Waals surface area contributed by atoms with E-state index in [1.54, 1.807) is 4.90 Å². The molecule has 1 fully saturated rings. The van der Waals surface area contributed by atoms with E-state index in [4.69, 9.17) is 0 Å². The second kappa shape index (κ2) is 5.03. The highest BCUT2D eigenvalue weighted by atomic mass is 16.2. The van der Waals surface area contributed by atoms with E-state index in [9.17, 15) is 4.79 Å². The number of likely N-dealkylation sites (N-methyl/N-ethyl adjacent to an activating group) is 1. The van der Waals surface area contributed by atoms with Crippen molar-refractivity contribution in [3.63, 3.8) is 0 Å². The Morgan fingerprint density at radius 3 is 2.43 bits per heavy atom. The standard InChI is InChI=1S/C11H20N2O/c1-10(2)9-12(3)11(14)13-7-5-4-6-8-13/h1,4-9H2,2-3H3. The molecule has 0 radical (unpaired) electrons. The molecule has 0 N–H and O–H groups in total. The van der Waals surface area contributed by atoms with Gasteiger partial charge in [0.15, 0.2) is 0 Å². The summed E-state index contributed by atoms with van der Waals surface area (Å²) >= 11 is 0. The molecule has 3 heteroatoms. The highest BCUT2D eigenvalue weighted by Gasteiger charge is 2.19. The maximum Gasteiger partial charge on any atom is 0.320 e. The van der Waals surface area contributed by atoms with Crippen molar-refractivity contribution in [2.75, 3.05) is 26.7 Å². The van der Waals surface area contributed by atoms with Crippen LogP contribution in [0.4, 0.5) is 4.79 Å². The highest BCUT2D eigenvalue weighted by Crippen LogP contribution is 2.10. The molecule has 1 saturated heterocycles. The van der Waals surface area contributed by atoms with Crippen LogP contribution < -0.4 is 0 Å². The van der Waals surface area contributed by atoms with Crippen LogP contribution in [0.15, 0.2) is 12.2 Å². The molecule has 3 nitrogen and oxygen atoms in total. The Balaban J connectivity index is 2.42. The van der Waals surface area contributed by atoms with E-state index in [-0.39, 0.29) is 6.03 Å². The third-order valence-electron chi connectivity index (χ3n) is 2.46. The van der Waals surface area contributed by atoms with Gasteiger partial charge in [0.05, 0.1) is 0 Å². The number of hydrogen-bond donors (Lipinski definition) is 0. The molecule has 0 aromatic rings.